The number of nitrogens with two attached hydrogens (primary N) is 1. The molecule has 0 amide bonds. The number of hydrogen-bond donors (Lipinski definition) is 1. The SMILES string of the molecule is Cn1ccc(-c2cc(N)nc(C(C)(C)C)n2)n1. The van der Waals surface area contributed by atoms with Crippen LogP contribution in [0.15, 0.2) is 18.3 Å². The van der Waals surface area contributed by atoms with Crippen LogP contribution in [0.3, 0.4) is 0 Å². The lowest BCUT2D eigenvalue weighted by Gasteiger charge is -2.17. The predicted octanol–water partition coefficient (Wildman–Crippen LogP) is 1.76. The molecule has 0 fully saturated rings. The molecule has 0 aromatic carbocycles. The van der Waals surface area contributed by atoms with Crippen LogP contribution in [0.4, 0.5) is 5.82 Å². The highest BCUT2D eigenvalue weighted by molar-refractivity contribution is 5.57. The number of anilines is 1. The molecule has 2 N–H and O–H groups in total. The van der Waals surface area contributed by atoms with Gasteiger partial charge in [-0.3, -0.25) is 4.68 Å². The lowest BCUT2D eigenvalue weighted by Crippen LogP contribution is -2.17. The van der Waals surface area contributed by atoms with E-state index in [1.165, 1.54) is 0 Å². The summed E-state index contributed by atoms with van der Waals surface area (Å²) in [5.41, 5.74) is 7.27. The van der Waals surface area contributed by atoms with Crippen LogP contribution in [0.5, 0.6) is 0 Å². The van der Waals surface area contributed by atoms with Gasteiger partial charge in [0.05, 0.1) is 5.69 Å². The molecule has 0 saturated heterocycles. The molecule has 2 aromatic rings. The molecule has 2 aromatic heterocycles. The summed E-state index contributed by atoms with van der Waals surface area (Å²) in [6.45, 7) is 6.18. The van der Waals surface area contributed by atoms with Crippen molar-refractivity contribution >= 4 is 5.82 Å². The highest BCUT2D eigenvalue weighted by Crippen LogP contribution is 2.23. The van der Waals surface area contributed by atoms with Gasteiger partial charge in [0.2, 0.25) is 0 Å². The minimum Gasteiger partial charge on any atom is -0.384 e. The average Bonchev–Trinajstić information content (AvgIpc) is 2.62. The molecule has 90 valence electrons. The van der Waals surface area contributed by atoms with E-state index in [0.717, 1.165) is 17.2 Å². The highest BCUT2D eigenvalue weighted by atomic mass is 15.2. The number of nitrogen functional groups attached to an aromatic ring is 1. The summed E-state index contributed by atoms with van der Waals surface area (Å²) in [4.78, 5) is 8.79. The Morgan fingerprint density at radius 1 is 1.18 bits per heavy atom. The van der Waals surface area contributed by atoms with Crippen molar-refractivity contribution < 1.29 is 0 Å². The fourth-order valence-corrected chi connectivity index (χ4v) is 1.48. The zero-order chi connectivity index (χ0) is 12.6. The van der Waals surface area contributed by atoms with E-state index in [1.807, 2.05) is 19.3 Å². The third kappa shape index (κ3) is 2.43. The van der Waals surface area contributed by atoms with Crippen molar-refractivity contribution in [3.05, 3.63) is 24.2 Å². The molecule has 0 saturated carbocycles. The van der Waals surface area contributed by atoms with Crippen LogP contribution >= 0.6 is 0 Å². The van der Waals surface area contributed by atoms with Crippen molar-refractivity contribution in [1.29, 1.82) is 0 Å². The lowest BCUT2D eigenvalue weighted by molar-refractivity contribution is 0.547. The first-order valence-corrected chi connectivity index (χ1v) is 5.51. The molecular formula is C12H17N5. The van der Waals surface area contributed by atoms with E-state index in [0.29, 0.717) is 5.82 Å². The first-order valence-electron chi connectivity index (χ1n) is 5.51. The fourth-order valence-electron chi connectivity index (χ4n) is 1.48. The molecule has 0 bridgehead atoms. The number of nitrogens with zero attached hydrogens (tertiary/aromatic N) is 4. The summed E-state index contributed by atoms with van der Waals surface area (Å²) in [5.74, 6) is 1.21. The van der Waals surface area contributed by atoms with E-state index in [2.05, 4.69) is 35.8 Å². The zero-order valence-corrected chi connectivity index (χ0v) is 10.6. The van der Waals surface area contributed by atoms with Crippen molar-refractivity contribution in [2.24, 2.45) is 7.05 Å². The largest absolute Gasteiger partial charge is 0.384 e. The first kappa shape index (κ1) is 11.6. The number of aromatic nitrogens is 4. The van der Waals surface area contributed by atoms with E-state index < -0.39 is 0 Å². The summed E-state index contributed by atoms with van der Waals surface area (Å²) in [6, 6.07) is 3.66. The van der Waals surface area contributed by atoms with Crippen LogP contribution in [-0.4, -0.2) is 19.7 Å². The summed E-state index contributed by atoms with van der Waals surface area (Å²) >= 11 is 0. The molecule has 5 nitrogen and oxygen atoms in total. The van der Waals surface area contributed by atoms with Gasteiger partial charge >= 0.3 is 0 Å². The second-order valence-corrected chi connectivity index (χ2v) is 5.13. The third-order valence-electron chi connectivity index (χ3n) is 2.39. The van der Waals surface area contributed by atoms with Gasteiger partial charge in [0, 0.05) is 24.7 Å². The van der Waals surface area contributed by atoms with Gasteiger partial charge < -0.3 is 5.73 Å². The summed E-state index contributed by atoms with van der Waals surface area (Å²) < 4.78 is 1.74. The molecule has 2 rings (SSSR count). The van der Waals surface area contributed by atoms with Gasteiger partial charge in [-0.1, -0.05) is 20.8 Å². The van der Waals surface area contributed by atoms with Gasteiger partial charge in [0.15, 0.2) is 0 Å². The van der Waals surface area contributed by atoms with Gasteiger partial charge in [-0.2, -0.15) is 5.10 Å². The molecule has 0 atom stereocenters. The zero-order valence-electron chi connectivity index (χ0n) is 10.6. The van der Waals surface area contributed by atoms with Gasteiger partial charge in [0.25, 0.3) is 0 Å². The maximum absolute atomic E-state index is 5.81. The second kappa shape index (κ2) is 3.84. The van der Waals surface area contributed by atoms with Gasteiger partial charge in [0.1, 0.15) is 17.3 Å². The molecule has 2 heterocycles. The average molecular weight is 231 g/mol. The lowest BCUT2D eigenvalue weighted by atomic mass is 9.95. The topological polar surface area (TPSA) is 69.6 Å². The first-order chi connectivity index (χ1) is 7.86. The van der Waals surface area contributed by atoms with Crippen LogP contribution in [-0.2, 0) is 12.5 Å². The Morgan fingerprint density at radius 2 is 1.88 bits per heavy atom. The van der Waals surface area contributed by atoms with Crippen molar-refractivity contribution in [3.8, 4) is 11.4 Å². The van der Waals surface area contributed by atoms with Gasteiger partial charge in [-0.25, -0.2) is 9.97 Å². The molecule has 0 aliphatic heterocycles. The van der Waals surface area contributed by atoms with E-state index in [1.54, 1.807) is 10.7 Å². The maximum Gasteiger partial charge on any atom is 0.136 e. The minimum absolute atomic E-state index is 0.126. The molecule has 0 radical (unpaired) electrons. The fraction of sp³-hybridized carbons (Fsp3) is 0.417. The van der Waals surface area contributed by atoms with Crippen LogP contribution in [0.25, 0.3) is 11.4 Å². The Balaban J connectivity index is 2.52. The smallest absolute Gasteiger partial charge is 0.136 e. The third-order valence-corrected chi connectivity index (χ3v) is 2.39. The molecule has 0 unspecified atom stereocenters. The molecule has 5 heteroatoms. The minimum atomic E-state index is -0.126. The summed E-state index contributed by atoms with van der Waals surface area (Å²) in [6.07, 6.45) is 1.88. The van der Waals surface area contributed by atoms with Crippen LogP contribution in [0, 0.1) is 0 Å². The van der Waals surface area contributed by atoms with E-state index in [9.17, 15) is 0 Å². The van der Waals surface area contributed by atoms with Crippen molar-refractivity contribution in [3.63, 3.8) is 0 Å². The van der Waals surface area contributed by atoms with Crippen LogP contribution in [0.1, 0.15) is 26.6 Å². The number of rotatable bonds is 1. The van der Waals surface area contributed by atoms with E-state index >= 15 is 0 Å². The monoisotopic (exact) mass is 231 g/mol. The van der Waals surface area contributed by atoms with Crippen molar-refractivity contribution in [1.82, 2.24) is 19.7 Å². The van der Waals surface area contributed by atoms with Crippen LogP contribution < -0.4 is 5.73 Å². The standard InChI is InChI=1S/C12H17N5/c1-12(2,3)11-14-9(7-10(13)15-11)8-5-6-17(4)16-8/h5-7H,1-4H3,(H2,13,14,15). The molecule has 0 aliphatic carbocycles. The molecular weight excluding hydrogens is 214 g/mol. The normalized spacial score (nSPS) is 11.8. The highest BCUT2D eigenvalue weighted by Gasteiger charge is 2.19. The number of hydrogen-bond acceptors (Lipinski definition) is 4. The van der Waals surface area contributed by atoms with Crippen LogP contribution in [0.2, 0.25) is 0 Å². The predicted molar refractivity (Wildman–Crippen MR) is 67.3 cm³/mol. The van der Waals surface area contributed by atoms with Gasteiger partial charge in [-0.15, -0.1) is 0 Å². The maximum atomic E-state index is 5.81. The Labute approximate surface area is 101 Å². The van der Waals surface area contributed by atoms with Gasteiger partial charge in [-0.05, 0) is 6.07 Å². The Morgan fingerprint density at radius 3 is 2.41 bits per heavy atom. The molecule has 0 aliphatic rings. The van der Waals surface area contributed by atoms with Crippen molar-refractivity contribution in [2.75, 3.05) is 5.73 Å². The Bertz CT molecular complexity index is 536. The molecule has 0 spiro atoms. The number of aryl methyl sites for hydroxylation is 1. The second-order valence-electron chi connectivity index (χ2n) is 5.13. The van der Waals surface area contributed by atoms with E-state index in [-0.39, 0.29) is 5.41 Å². The van der Waals surface area contributed by atoms with Crippen molar-refractivity contribution in [2.45, 2.75) is 26.2 Å². The summed E-state index contributed by atoms with van der Waals surface area (Å²) in [7, 11) is 1.87. The summed E-state index contributed by atoms with van der Waals surface area (Å²) in [5, 5.41) is 4.32. The Hall–Kier alpha value is -1.91. The quantitative estimate of drug-likeness (QED) is 0.811. The Kier molecular flexibility index (Phi) is 2.61. The molecule has 17 heavy (non-hydrogen) atoms. The van der Waals surface area contributed by atoms with E-state index in [4.69, 9.17) is 5.73 Å².